The first-order chi connectivity index (χ1) is 20.1. The molecule has 9 heteroatoms. The number of esters is 1. The van der Waals surface area contributed by atoms with E-state index in [2.05, 4.69) is 27.7 Å². The molecule has 5 rings (SSSR count). The molecule has 42 heavy (non-hydrogen) atoms. The van der Waals surface area contributed by atoms with Crippen molar-refractivity contribution >= 4 is 40.6 Å². The van der Waals surface area contributed by atoms with Crippen LogP contribution in [-0.2, 0) is 20.8 Å². The van der Waals surface area contributed by atoms with Gasteiger partial charge < -0.3 is 25.0 Å². The van der Waals surface area contributed by atoms with Crippen LogP contribution in [-0.4, -0.2) is 66.7 Å². The Bertz CT molecular complexity index is 1500. The molecular formula is C33H36N4O5. The van der Waals surface area contributed by atoms with E-state index >= 15 is 0 Å². The summed E-state index contributed by atoms with van der Waals surface area (Å²) in [5.74, 6) is -0.712. The Kier molecular flexibility index (Phi) is 8.31. The number of methoxy groups -OCH3 is 1. The smallest absolute Gasteiger partial charge is 0.410 e. The number of piperazine rings is 1. The first-order valence-corrected chi connectivity index (χ1v) is 14.0. The molecule has 1 saturated heterocycles. The fourth-order valence-corrected chi connectivity index (χ4v) is 5.06. The zero-order valence-electron chi connectivity index (χ0n) is 24.4. The third kappa shape index (κ3) is 6.63. The van der Waals surface area contributed by atoms with Crippen molar-refractivity contribution in [2.24, 2.45) is 0 Å². The second-order valence-corrected chi connectivity index (χ2v) is 11.4. The highest BCUT2D eigenvalue weighted by molar-refractivity contribution is 6.37. The molecule has 218 valence electrons. The minimum atomic E-state index is -0.501. The quantitative estimate of drug-likeness (QED) is 0.301. The van der Waals surface area contributed by atoms with E-state index in [0.717, 1.165) is 36.4 Å². The summed E-state index contributed by atoms with van der Waals surface area (Å²) in [5, 5.41) is 6.38. The normalized spacial score (nSPS) is 16.4. The molecule has 0 aliphatic carbocycles. The zero-order valence-corrected chi connectivity index (χ0v) is 24.4. The number of hydrogen-bond acceptors (Lipinski definition) is 7. The highest BCUT2D eigenvalue weighted by Crippen LogP contribution is 2.38. The van der Waals surface area contributed by atoms with Gasteiger partial charge in [0.1, 0.15) is 5.60 Å². The minimum Gasteiger partial charge on any atom is -0.465 e. The third-order valence-electron chi connectivity index (χ3n) is 7.15. The van der Waals surface area contributed by atoms with Crippen LogP contribution in [0.15, 0.2) is 72.8 Å². The molecule has 2 aliphatic rings. The predicted octanol–water partition coefficient (Wildman–Crippen LogP) is 5.46. The van der Waals surface area contributed by atoms with Gasteiger partial charge in [-0.05, 0) is 56.2 Å². The van der Waals surface area contributed by atoms with Gasteiger partial charge in [-0.2, -0.15) is 0 Å². The van der Waals surface area contributed by atoms with Crippen LogP contribution in [0, 0.1) is 0 Å². The van der Waals surface area contributed by atoms with Crippen molar-refractivity contribution in [2.75, 3.05) is 43.9 Å². The number of amides is 2. The lowest BCUT2D eigenvalue weighted by molar-refractivity contribution is -0.110. The average Bonchev–Trinajstić information content (AvgIpc) is 3.30. The van der Waals surface area contributed by atoms with Gasteiger partial charge in [0.15, 0.2) is 0 Å². The van der Waals surface area contributed by atoms with Gasteiger partial charge in [0.2, 0.25) is 0 Å². The molecule has 0 saturated carbocycles. The largest absolute Gasteiger partial charge is 0.465 e. The van der Waals surface area contributed by atoms with Crippen molar-refractivity contribution in [3.05, 3.63) is 95.1 Å². The number of anilines is 2. The summed E-state index contributed by atoms with van der Waals surface area (Å²) in [5.41, 5.74) is 5.17. The lowest BCUT2D eigenvalue weighted by atomic mass is 9.99. The molecule has 2 aliphatic heterocycles. The summed E-state index contributed by atoms with van der Waals surface area (Å²) < 4.78 is 10.3. The standard InChI is InChI=1S/C33H36N4O5/c1-33(2,3)42-32(40)37-18-16-36(17-19-37)21-22-10-13-25(14-11-22)34-29(23-8-6-5-7-9-23)28-26-15-12-24(31(39)41-4)20-27(26)35-30(28)38/h5-15,20,34H,16-19,21H2,1-4H3,(H,35,38)/b29-28-. The van der Waals surface area contributed by atoms with E-state index < -0.39 is 11.6 Å². The molecule has 1 fully saturated rings. The highest BCUT2D eigenvalue weighted by atomic mass is 16.6. The van der Waals surface area contributed by atoms with Crippen LogP contribution < -0.4 is 10.6 Å². The van der Waals surface area contributed by atoms with Crippen LogP contribution >= 0.6 is 0 Å². The van der Waals surface area contributed by atoms with E-state index in [4.69, 9.17) is 9.47 Å². The Labute approximate surface area is 246 Å². The molecule has 0 aromatic heterocycles. The van der Waals surface area contributed by atoms with Crippen LogP contribution in [0.5, 0.6) is 0 Å². The molecule has 2 N–H and O–H groups in total. The van der Waals surface area contributed by atoms with E-state index in [1.165, 1.54) is 7.11 Å². The Balaban J connectivity index is 1.32. The maximum atomic E-state index is 13.2. The monoisotopic (exact) mass is 568 g/mol. The Morgan fingerprint density at radius 2 is 1.60 bits per heavy atom. The predicted molar refractivity (Wildman–Crippen MR) is 163 cm³/mol. The number of benzene rings is 3. The Hall–Kier alpha value is -4.63. The number of hydrogen-bond donors (Lipinski definition) is 2. The Morgan fingerprint density at radius 3 is 2.24 bits per heavy atom. The fourth-order valence-electron chi connectivity index (χ4n) is 5.06. The Morgan fingerprint density at radius 1 is 0.905 bits per heavy atom. The number of rotatable bonds is 6. The number of fused-ring (bicyclic) bond motifs is 1. The van der Waals surface area contributed by atoms with Gasteiger partial charge in [0.05, 0.1) is 29.6 Å². The van der Waals surface area contributed by atoms with E-state index in [1.54, 1.807) is 23.1 Å². The van der Waals surface area contributed by atoms with Gasteiger partial charge >= 0.3 is 12.1 Å². The van der Waals surface area contributed by atoms with Gasteiger partial charge in [-0.15, -0.1) is 0 Å². The van der Waals surface area contributed by atoms with E-state index in [0.29, 0.717) is 41.2 Å². The molecule has 0 radical (unpaired) electrons. The molecule has 0 bridgehead atoms. The maximum absolute atomic E-state index is 13.2. The van der Waals surface area contributed by atoms with Gasteiger partial charge in [-0.25, -0.2) is 9.59 Å². The lowest BCUT2D eigenvalue weighted by Gasteiger charge is -2.35. The van der Waals surface area contributed by atoms with Crippen molar-refractivity contribution in [1.82, 2.24) is 9.80 Å². The van der Waals surface area contributed by atoms with Crippen molar-refractivity contribution < 1.29 is 23.9 Å². The number of carbonyl (C=O) groups is 3. The summed E-state index contributed by atoms with van der Waals surface area (Å²) in [7, 11) is 1.33. The second-order valence-electron chi connectivity index (χ2n) is 11.4. The molecule has 3 aromatic rings. The maximum Gasteiger partial charge on any atom is 0.410 e. The molecule has 3 aromatic carbocycles. The van der Waals surface area contributed by atoms with E-state index in [9.17, 15) is 14.4 Å². The van der Waals surface area contributed by atoms with Crippen LogP contribution in [0.1, 0.15) is 47.8 Å². The van der Waals surface area contributed by atoms with Crippen molar-refractivity contribution in [3.8, 4) is 0 Å². The molecular weight excluding hydrogens is 532 g/mol. The fraction of sp³-hybridized carbons (Fsp3) is 0.303. The van der Waals surface area contributed by atoms with Crippen molar-refractivity contribution in [2.45, 2.75) is 32.9 Å². The third-order valence-corrected chi connectivity index (χ3v) is 7.15. The highest BCUT2D eigenvalue weighted by Gasteiger charge is 2.30. The summed E-state index contributed by atoms with van der Waals surface area (Å²) in [6, 6.07) is 22.9. The first-order valence-electron chi connectivity index (χ1n) is 14.0. The zero-order chi connectivity index (χ0) is 29.9. The van der Waals surface area contributed by atoms with Gasteiger partial charge in [0, 0.05) is 44.0 Å². The SMILES string of the molecule is COC(=O)c1ccc2c(c1)NC(=O)/C2=C(\Nc1ccc(CN2CCN(C(=O)OC(C)(C)C)CC2)cc1)c1ccccc1. The summed E-state index contributed by atoms with van der Waals surface area (Å²) in [6.45, 7) is 9.21. The molecule has 2 heterocycles. The van der Waals surface area contributed by atoms with Gasteiger partial charge in [0.25, 0.3) is 5.91 Å². The first kappa shape index (κ1) is 28.9. The number of ether oxygens (including phenoxy) is 2. The van der Waals surface area contributed by atoms with Crippen molar-refractivity contribution in [3.63, 3.8) is 0 Å². The number of nitrogens with one attached hydrogen (secondary N) is 2. The van der Waals surface area contributed by atoms with Gasteiger partial charge in [-0.1, -0.05) is 48.5 Å². The second kappa shape index (κ2) is 12.1. The molecule has 0 unspecified atom stereocenters. The topological polar surface area (TPSA) is 100 Å². The molecule has 9 nitrogen and oxygen atoms in total. The number of nitrogens with zero attached hydrogens (tertiary/aromatic N) is 2. The lowest BCUT2D eigenvalue weighted by Crippen LogP contribution is -2.49. The molecule has 0 atom stereocenters. The van der Waals surface area contributed by atoms with Crippen LogP contribution in [0.4, 0.5) is 16.2 Å². The summed E-state index contributed by atoms with van der Waals surface area (Å²) in [4.78, 5) is 41.7. The van der Waals surface area contributed by atoms with Crippen LogP contribution in [0.2, 0.25) is 0 Å². The van der Waals surface area contributed by atoms with Crippen LogP contribution in [0.3, 0.4) is 0 Å². The molecule has 0 spiro atoms. The summed E-state index contributed by atoms with van der Waals surface area (Å²) >= 11 is 0. The van der Waals surface area contributed by atoms with Crippen LogP contribution in [0.25, 0.3) is 11.3 Å². The van der Waals surface area contributed by atoms with E-state index in [-0.39, 0.29) is 12.0 Å². The minimum absolute atomic E-state index is 0.250. The molecule has 2 amide bonds. The van der Waals surface area contributed by atoms with Crippen molar-refractivity contribution in [1.29, 1.82) is 0 Å². The van der Waals surface area contributed by atoms with E-state index in [1.807, 2.05) is 63.2 Å². The van der Waals surface area contributed by atoms with Gasteiger partial charge in [-0.3, -0.25) is 9.69 Å². The number of carbonyl (C=O) groups excluding carboxylic acids is 3. The average molecular weight is 569 g/mol. The summed E-state index contributed by atoms with van der Waals surface area (Å²) in [6.07, 6.45) is -0.261.